The highest BCUT2D eigenvalue weighted by Gasteiger charge is 2.45. The minimum absolute atomic E-state index is 0.0553. The molecule has 4 heterocycles. The zero-order chi connectivity index (χ0) is 91.2. The molecule has 0 bridgehead atoms. The van der Waals surface area contributed by atoms with Crippen molar-refractivity contribution in [3.8, 4) is 78.1 Å². The normalized spacial score (nSPS) is 17.2. The average molecular weight is 1240 g/mol. The van der Waals surface area contributed by atoms with Gasteiger partial charge in [0, 0.05) is 77.9 Å². The van der Waals surface area contributed by atoms with Crippen LogP contribution in [0.5, 0.6) is 0 Å². The first-order chi connectivity index (χ1) is 61.0. The van der Waals surface area contributed by atoms with Crippen molar-refractivity contribution in [3.05, 3.63) is 357 Å². The number of nitrogens with zero attached hydrogens (tertiary/aromatic N) is 4. The van der Waals surface area contributed by atoms with Crippen LogP contribution in [0.4, 0.5) is 34.1 Å². The average Bonchev–Trinajstić information content (AvgIpc) is 0.852. The van der Waals surface area contributed by atoms with E-state index in [-0.39, 0.29) is 28.2 Å². The van der Waals surface area contributed by atoms with E-state index in [2.05, 4.69) is 0 Å². The van der Waals surface area contributed by atoms with Gasteiger partial charge in [0.2, 0.25) is 0 Å². The maximum absolute atomic E-state index is 11.6. The van der Waals surface area contributed by atoms with Gasteiger partial charge >= 0.3 is 0 Å². The number of anilines is 6. The SMILES string of the molecule is [2H]c1c([2H])c([2H])c(-c2c([2H])c([2H])c3c(c2[2H])c2c([2H])c([2H])c([2H])c([2H])c2n3-c2c([2H])c([2H])c3c(c2[2H])N(c2c(-c4ccccc4)cccc2-c2ccccc2)c2c([2H])c([2H])c([2H])c4c2B3c2c([2H])c([2H])c(-n3c5c([2H])c([2H])c([2H])c([2H])c5c5c([2H])c(-c6c([2H])c([2H])c([2H])c([2H])c6[2H])c([2H])c([2H])c53)c([2H])c2N4c2c(-c3ccccc3)cccc2-c2ccccc2)c([2H])c1[2H]. The summed E-state index contributed by atoms with van der Waals surface area (Å²) >= 11 is 0. The number of aromatic nitrogens is 2. The predicted molar refractivity (Wildman–Crippen MR) is 402 cm³/mol. The maximum atomic E-state index is 11.6. The van der Waals surface area contributed by atoms with Gasteiger partial charge in [0.1, 0.15) is 0 Å². The van der Waals surface area contributed by atoms with Gasteiger partial charge in [-0.15, -0.1) is 0 Å². The molecule has 0 atom stereocenters. The van der Waals surface area contributed by atoms with Gasteiger partial charge in [-0.3, -0.25) is 0 Å². The van der Waals surface area contributed by atoms with E-state index >= 15 is 0 Å². The monoisotopic (exact) mass is 1240 g/mol. The third-order valence-electron chi connectivity index (χ3n) is 17.4. The summed E-state index contributed by atoms with van der Waals surface area (Å²) in [6, 6.07) is 14.8. The fourth-order valence-corrected chi connectivity index (χ4v) is 13.4. The molecule has 19 rings (SSSR count). The molecule has 17 aromatic rings. The molecule has 0 radical (unpaired) electrons. The van der Waals surface area contributed by atoms with Crippen LogP contribution in [0.2, 0.25) is 0 Å². The summed E-state index contributed by atoms with van der Waals surface area (Å²) in [7, 11) is 0. The zero-order valence-corrected chi connectivity index (χ0v) is 49.4. The second-order valence-electron chi connectivity index (χ2n) is 22.5. The van der Waals surface area contributed by atoms with Crippen LogP contribution in [-0.4, -0.2) is 15.8 Å². The lowest BCUT2D eigenvalue weighted by Crippen LogP contribution is -2.61. The zero-order valence-electron chi connectivity index (χ0n) is 82.4. The molecule has 0 saturated carbocycles. The molecule has 0 unspecified atom stereocenters. The first-order valence-corrected chi connectivity index (χ1v) is 30.2. The van der Waals surface area contributed by atoms with Crippen molar-refractivity contribution < 1.29 is 45.2 Å². The molecule has 442 valence electrons. The van der Waals surface area contributed by atoms with Crippen LogP contribution in [0.15, 0.2) is 357 Å². The second-order valence-corrected chi connectivity index (χ2v) is 22.5. The van der Waals surface area contributed by atoms with Crippen molar-refractivity contribution in [1.29, 1.82) is 0 Å². The van der Waals surface area contributed by atoms with Gasteiger partial charge in [0.15, 0.2) is 0 Å². The Kier molecular flexibility index (Phi) is 7.18. The minimum Gasteiger partial charge on any atom is -0.310 e. The minimum atomic E-state index is -2.08. The Labute approximate surface area is 598 Å². The quantitative estimate of drug-likeness (QED) is 0.127. The summed E-state index contributed by atoms with van der Waals surface area (Å²) in [5.74, 6) is 0. The standard InChI is InChI=1S/C90H59BN4/c1-7-26-60(27-8-1)66-48-54-82-76(56-66)74-38-19-21-44-80(74)92(82)68-50-52-78-86(58-68)94(89-70(62-30-11-3-12-31-62)40-23-41-71(89)63-32-13-4-14-33-63)84-46-25-47-85-88(84)91(78)79-53-51-69(93-81-45-22-20-39-75(81)77-57-67(49-55-83(77)93)61-28-9-2-10-29-61)59-87(79)95(85)90-72(64-34-15-5-16-35-64)42-24-43-73(90)65-36-17-6-18-37-65/h1-59H/i1D,2D,7D,8D,9D,10D,19D,20D,21D,22D,25D,26D,27D,28D,29D,38D,39D,44D,45D,46D,47D,48D,49D,50D,51D,52D,53D,54D,55D,56D,57D,58D,59D. The predicted octanol–water partition coefficient (Wildman–Crippen LogP) is 22.0. The van der Waals surface area contributed by atoms with Crippen molar-refractivity contribution in [2.45, 2.75) is 0 Å². The number of rotatable bonds is 10. The highest BCUT2D eigenvalue weighted by Crippen LogP contribution is 2.53. The molecule has 0 spiro atoms. The van der Waals surface area contributed by atoms with E-state index in [0.717, 1.165) is 9.13 Å². The van der Waals surface area contributed by atoms with E-state index in [1.807, 2.05) is 0 Å². The van der Waals surface area contributed by atoms with E-state index in [1.54, 1.807) is 158 Å². The Morgan fingerprint density at radius 3 is 0.989 bits per heavy atom. The third-order valence-corrected chi connectivity index (χ3v) is 17.4. The van der Waals surface area contributed by atoms with Crippen molar-refractivity contribution in [2.75, 3.05) is 9.80 Å². The van der Waals surface area contributed by atoms with Crippen LogP contribution in [0.3, 0.4) is 0 Å². The molecule has 2 aromatic heterocycles. The van der Waals surface area contributed by atoms with Gasteiger partial charge in [-0.25, -0.2) is 0 Å². The molecule has 0 aliphatic carbocycles. The van der Waals surface area contributed by atoms with Crippen molar-refractivity contribution in [1.82, 2.24) is 9.13 Å². The Bertz CT molecular complexity index is 7290. The molecule has 0 N–H and O–H groups in total. The van der Waals surface area contributed by atoms with E-state index in [9.17, 15) is 31.5 Å². The molecule has 0 saturated heterocycles. The van der Waals surface area contributed by atoms with Crippen LogP contribution in [-0.2, 0) is 0 Å². The lowest BCUT2D eigenvalue weighted by Gasteiger charge is -2.45. The number of para-hydroxylation sites is 4. The Morgan fingerprint density at radius 1 is 0.242 bits per heavy atom. The Balaban J connectivity index is 1.05. The molecule has 5 heteroatoms. The van der Waals surface area contributed by atoms with E-state index in [1.165, 1.54) is 9.80 Å². The molecule has 95 heavy (non-hydrogen) atoms. The summed E-state index contributed by atoms with van der Waals surface area (Å²) < 4.78 is 327. The Morgan fingerprint density at radius 2 is 0.600 bits per heavy atom. The highest BCUT2D eigenvalue weighted by molar-refractivity contribution is 7.00. The van der Waals surface area contributed by atoms with Crippen LogP contribution in [0.1, 0.15) is 45.2 Å². The van der Waals surface area contributed by atoms with E-state index in [4.69, 9.17) is 13.7 Å². The molecular weight excluding hydrogens is 1150 g/mol. The van der Waals surface area contributed by atoms with Gasteiger partial charge in [-0.2, -0.15) is 0 Å². The van der Waals surface area contributed by atoms with E-state index in [0.29, 0.717) is 44.5 Å². The summed E-state index contributed by atoms with van der Waals surface area (Å²) in [6.45, 7) is -2.08. The fraction of sp³-hybridized carbons (Fsp3) is 0. The largest absolute Gasteiger partial charge is 0.310 e. The van der Waals surface area contributed by atoms with Gasteiger partial charge in [0.25, 0.3) is 6.71 Å². The topological polar surface area (TPSA) is 16.3 Å². The summed E-state index contributed by atoms with van der Waals surface area (Å²) in [5, 5.41) is -2.42. The van der Waals surface area contributed by atoms with Crippen molar-refractivity contribution >= 4 is 101 Å². The maximum Gasteiger partial charge on any atom is 0.252 e. The van der Waals surface area contributed by atoms with Crippen LogP contribution >= 0.6 is 0 Å². The molecule has 2 aliphatic rings. The molecule has 0 amide bonds. The summed E-state index contributed by atoms with van der Waals surface area (Å²) in [4.78, 5) is 2.79. The van der Waals surface area contributed by atoms with Crippen molar-refractivity contribution in [3.63, 3.8) is 0 Å². The molecule has 15 aromatic carbocycles. The first-order valence-electron chi connectivity index (χ1n) is 46.7. The summed E-state index contributed by atoms with van der Waals surface area (Å²) in [5.41, 5.74) is -7.28. The van der Waals surface area contributed by atoms with Crippen molar-refractivity contribution in [2.24, 2.45) is 0 Å². The third kappa shape index (κ3) is 8.70. The molecule has 2 aliphatic heterocycles. The molecule has 0 fully saturated rings. The number of hydrogen-bond acceptors (Lipinski definition) is 2. The van der Waals surface area contributed by atoms with Gasteiger partial charge in [-0.05, 0) is 133 Å². The van der Waals surface area contributed by atoms with Gasteiger partial charge in [-0.1, -0.05) is 285 Å². The Hall–Kier alpha value is -12.4. The lowest BCUT2D eigenvalue weighted by molar-refractivity contribution is 1.17. The van der Waals surface area contributed by atoms with Gasteiger partial charge in [0.05, 0.1) is 78.7 Å². The number of hydrogen-bond donors (Lipinski definition) is 0. The lowest BCUT2D eigenvalue weighted by atomic mass is 9.33. The van der Waals surface area contributed by atoms with Crippen LogP contribution < -0.4 is 26.2 Å². The molecular formula is C90H59BN4. The van der Waals surface area contributed by atoms with Crippen LogP contribution in [0.25, 0.3) is 122 Å². The first kappa shape index (κ1) is 30.8. The molecule has 4 nitrogen and oxygen atoms in total. The highest BCUT2D eigenvalue weighted by atomic mass is 15.2. The fourth-order valence-electron chi connectivity index (χ4n) is 13.4. The number of fused-ring (bicyclic) bond motifs is 10. The number of benzene rings is 15. The van der Waals surface area contributed by atoms with E-state index < -0.39 is 306 Å². The second kappa shape index (κ2) is 22.2. The van der Waals surface area contributed by atoms with Crippen LogP contribution in [0, 0.1) is 0 Å². The smallest absolute Gasteiger partial charge is 0.252 e. The summed E-state index contributed by atoms with van der Waals surface area (Å²) in [6.07, 6.45) is 0. The van der Waals surface area contributed by atoms with Gasteiger partial charge < -0.3 is 18.9 Å².